The number of aromatic nitrogens is 3. The van der Waals surface area contributed by atoms with Crippen LogP contribution in [0, 0.1) is 0 Å². The zero-order valence-electron chi connectivity index (χ0n) is 10.3. The summed E-state index contributed by atoms with van der Waals surface area (Å²) in [6.45, 7) is 1.82. The molecule has 1 aromatic carbocycles. The van der Waals surface area contributed by atoms with Gasteiger partial charge in [-0.3, -0.25) is 0 Å². The van der Waals surface area contributed by atoms with Gasteiger partial charge in [0.1, 0.15) is 24.4 Å². The highest BCUT2D eigenvalue weighted by molar-refractivity contribution is 6.35. The second kappa shape index (κ2) is 5.46. The van der Waals surface area contributed by atoms with Crippen LogP contribution in [0.15, 0.2) is 30.9 Å². The standard InChI is InChI=1S/C12H14Cl2N4O/c1-2-12(19,11(15)18-7-16-6-17-18)9-4-3-8(13)5-10(9)14/h3-7,11,19H,2,15H2,1H3. The Morgan fingerprint density at radius 2 is 2.21 bits per heavy atom. The molecule has 1 aromatic heterocycles. The van der Waals surface area contributed by atoms with E-state index in [9.17, 15) is 5.11 Å². The molecular weight excluding hydrogens is 287 g/mol. The highest BCUT2D eigenvalue weighted by Gasteiger charge is 2.38. The summed E-state index contributed by atoms with van der Waals surface area (Å²) in [5.74, 6) is 0. The van der Waals surface area contributed by atoms with Crippen LogP contribution < -0.4 is 5.73 Å². The molecule has 0 amide bonds. The fraction of sp³-hybridized carbons (Fsp3) is 0.333. The second-order valence-corrected chi connectivity index (χ2v) is 5.07. The Morgan fingerprint density at radius 1 is 1.47 bits per heavy atom. The lowest BCUT2D eigenvalue weighted by molar-refractivity contribution is -0.0240. The van der Waals surface area contributed by atoms with Crippen molar-refractivity contribution in [2.45, 2.75) is 25.1 Å². The summed E-state index contributed by atoms with van der Waals surface area (Å²) in [6, 6.07) is 4.91. The molecule has 0 bridgehead atoms. The lowest BCUT2D eigenvalue weighted by Gasteiger charge is -2.33. The number of nitrogens with zero attached hydrogens (tertiary/aromatic N) is 3. The molecule has 2 atom stereocenters. The molecule has 3 N–H and O–H groups in total. The number of hydrogen-bond donors (Lipinski definition) is 2. The van der Waals surface area contributed by atoms with Crippen molar-refractivity contribution in [3.63, 3.8) is 0 Å². The van der Waals surface area contributed by atoms with E-state index >= 15 is 0 Å². The van der Waals surface area contributed by atoms with Crippen LogP contribution in [0.5, 0.6) is 0 Å². The molecule has 0 spiro atoms. The largest absolute Gasteiger partial charge is 0.381 e. The van der Waals surface area contributed by atoms with Crippen molar-refractivity contribution in [1.29, 1.82) is 0 Å². The fourth-order valence-corrected chi connectivity index (χ4v) is 2.55. The van der Waals surface area contributed by atoms with Crippen LogP contribution in [0.2, 0.25) is 10.0 Å². The SMILES string of the molecule is CCC(O)(c1ccc(Cl)cc1Cl)C(N)n1cncn1. The molecule has 2 rings (SSSR count). The Bertz CT molecular complexity index is 561. The van der Waals surface area contributed by atoms with Gasteiger partial charge in [-0.1, -0.05) is 36.2 Å². The van der Waals surface area contributed by atoms with Crippen molar-refractivity contribution in [2.75, 3.05) is 0 Å². The van der Waals surface area contributed by atoms with Gasteiger partial charge in [0.25, 0.3) is 0 Å². The molecular formula is C12H14Cl2N4O. The van der Waals surface area contributed by atoms with Crippen LogP contribution >= 0.6 is 23.2 Å². The van der Waals surface area contributed by atoms with Gasteiger partial charge in [0, 0.05) is 15.6 Å². The number of hydrogen-bond acceptors (Lipinski definition) is 4. The summed E-state index contributed by atoms with van der Waals surface area (Å²) < 4.78 is 1.40. The van der Waals surface area contributed by atoms with Crippen molar-refractivity contribution in [3.05, 3.63) is 46.5 Å². The Morgan fingerprint density at radius 3 is 2.74 bits per heavy atom. The van der Waals surface area contributed by atoms with E-state index in [-0.39, 0.29) is 0 Å². The Labute approximate surface area is 121 Å². The molecule has 0 saturated carbocycles. The third kappa shape index (κ3) is 2.60. The predicted octanol–water partition coefficient (Wildman–Crippen LogP) is 2.34. The van der Waals surface area contributed by atoms with E-state index < -0.39 is 11.8 Å². The lowest BCUT2D eigenvalue weighted by Crippen LogP contribution is -2.42. The van der Waals surface area contributed by atoms with Gasteiger partial charge in [-0.2, -0.15) is 5.10 Å². The Balaban J connectivity index is 2.47. The van der Waals surface area contributed by atoms with Crippen molar-refractivity contribution in [1.82, 2.24) is 14.8 Å². The average molecular weight is 301 g/mol. The zero-order chi connectivity index (χ0) is 14.0. The molecule has 102 valence electrons. The summed E-state index contributed by atoms with van der Waals surface area (Å²) in [4.78, 5) is 3.83. The van der Waals surface area contributed by atoms with Crippen molar-refractivity contribution >= 4 is 23.2 Å². The first-order chi connectivity index (χ1) is 8.99. The topological polar surface area (TPSA) is 77.0 Å². The van der Waals surface area contributed by atoms with Crippen molar-refractivity contribution in [3.8, 4) is 0 Å². The number of nitrogens with two attached hydrogens (primary N) is 1. The Kier molecular flexibility index (Phi) is 4.10. The van der Waals surface area contributed by atoms with E-state index in [1.54, 1.807) is 18.2 Å². The van der Waals surface area contributed by atoms with Gasteiger partial charge in [0.15, 0.2) is 0 Å². The predicted molar refractivity (Wildman–Crippen MR) is 73.9 cm³/mol. The third-order valence-electron chi connectivity index (χ3n) is 3.15. The summed E-state index contributed by atoms with van der Waals surface area (Å²) in [5.41, 5.74) is 5.25. The van der Waals surface area contributed by atoms with Crippen LogP contribution in [0.25, 0.3) is 0 Å². The molecule has 19 heavy (non-hydrogen) atoms. The number of aliphatic hydroxyl groups is 1. The maximum Gasteiger partial charge on any atom is 0.137 e. The van der Waals surface area contributed by atoms with Gasteiger partial charge in [0.2, 0.25) is 0 Å². The van der Waals surface area contributed by atoms with Gasteiger partial charge in [-0.15, -0.1) is 0 Å². The van der Waals surface area contributed by atoms with Gasteiger partial charge < -0.3 is 10.8 Å². The number of benzene rings is 1. The van der Waals surface area contributed by atoms with Crippen LogP contribution in [0.4, 0.5) is 0 Å². The van der Waals surface area contributed by atoms with E-state index in [1.807, 2.05) is 6.92 Å². The van der Waals surface area contributed by atoms with Crippen LogP contribution in [-0.2, 0) is 5.60 Å². The molecule has 2 aromatic rings. The molecule has 0 fully saturated rings. The summed E-state index contributed by atoms with van der Waals surface area (Å²) in [5, 5.41) is 15.7. The first-order valence-corrected chi connectivity index (χ1v) is 6.52. The smallest absolute Gasteiger partial charge is 0.137 e. The second-order valence-electron chi connectivity index (χ2n) is 4.22. The molecule has 0 aliphatic heterocycles. The molecule has 2 unspecified atom stereocenters. The first-order valence-electron chi connectivity index (χ1n) is 5.76. The minimum Gasteiger partial charge on any atom is -0.381 e. The first kappa shape index (κ1) is 14.3. The van der Waals surface area contributed by atoms with Gasteiger partial charge in [0.05, 0.1) is 0 Å². The quantitative estimate of drug-likeness (QED) is 0.908. The minimum absolute atomic E-state index is 0.368. The molecule has 1 heterocycles. The molecule has 0 aliphatic rings. The van der Waals surface area contributed by atoms with Gasteiger partial charge in [-0.25, -0.2) is 9.67 Å². The van der Waals surface area contributed by atoms with E-state index in [2.05, 4.69) is 10.1 Å². The molecule has 7 heteroatoms. The van der Waals surface area contributed by atoms with E-state index in [4.69, 9.17) is 28.9 Å². The molecule has 5 nitrogen and oxygen atoms in total. The van der Waals surface area contributed by atoms with Crippen LogP contribution in [-0.4, -0.2) is 19.9 Å². The summed E-state index contributed by atoms with van der Waals surface area (Å²) in [6.07, 6.45) is 2.39. The summed E-state index contributed by atoms with van der Waals surface area (Å²) >= 11 is 12.0. The maximum atomic E-state index is 10.9. The van der Waals surface area contributed by atoms with E-state index in [1.165, 1.54) is 17.3 Å². The number of halogens is 2. The normalized spacial score (nSPS) is 16.1. The zero-order valence-corrected chi connectivity index (χ0v) is 11.8. The minimum atomic E-state index is -1.35. The average Bonchev–Trinajstić information content (AvgIpc) is 2.90. The highest BCUT2D eigenvalue weighted by Crippen LogP contribution is 2.38. The lowest BCUT2D eigenvalue weighted by atomic mass is 9.88. The van der Waals surface area contributed by atoms with Crippen molar-refractivity contribution < 1.29 is 5.11 Å². The molecule has 0 aliphatic carbocycles. The van der Waals surface area contributed by atoms with Crippen molar-refractivity contribution in [2.24, 2.45) is 5.73 Å². The van der Waals surface area contributed by atoms with Crippen LogP contribution in [0.3, 0.4) is 0 Å². The Hall–Kier alpha value is -1.14. The third-order valence-corrected chi connectivity index (χ3v) is 3.70. The monoisotopic (exact) mass is 300 g/mol. The van der Waals surface area contributed by atoms with Crippen LogP contribution in [0.1, 0.15) is 25.1 Å². The highest BCUT2D eigenvalue weighted by atomic mass is 35.5. The van der Waals surface area contributed by atoms with Gasteiger partial charge in [-0.05, 0) is 18.6 Å². The fourth-order valence-electron chi connectivity index (χ4n) is 1.98. The van der Waals surface area contributed by atoms with E-state index in [0.717, 1.165) is 0 Å². The van der Waals surface area contributed by atoms with Gasteiger partial charge >= 0.3 is 0 Å². The molecule has 0 radical (unpaired) electrons. The maximum absolute atomic E-state index is 10.9. The number of rotatable bonds is 4. The molecule has 0 saturated heterocycles. The van der Waals surface area contributed by atoms with E-state index in [0.29, 0.717) is 22.0 Å². The summed E-state index contributed by atoms with van der Waals surface area (Å²) in [7, 11) is 0.